The molecular weight excluding hydrogens is 242 g/mol. The topological polar surface area (TPSA) is 69.2 Å². The van der Waals surface area contributed by atoms with Gasteiger partial charge >= 0.3 is 0 Å². The zero-order valence-electron chi connectivity index (χ0n) is 11.8. The second kappa shape index (κ2) is 5.74. The summed E-state index contributed by atoms with van der Waals surface area (Å²) in [5, 5.41) is 9.19. The van der Waals surface area contributed by atoms with E-state index in [4.69, 9.17) is 0 Å². The quantitative estimate of drug-likeness (QED) is 0.850. The third kappa shape index (κ3) is 2.97. The van der Waals surface area contributed by atoms with E-state index >= 15 is 0 Å². The number of rotatable bonds is 5. The molecule has 1 heterocycles. The second-order valence-corrected chi connectivity index (χ2v) is 5.69. The Morgan fingerprint density at radius 3 is 2.74 bits per heavy atom. The summed E-state index contributed by atoms with van der Waals surface area (Å²) in [6, 6.07) is 0. The lowest BCUT2D eigenvalue weighted by Gasteiger charge is -2.31. The number of aromatic nitrogens is 2. The highest BCUT2D eigenvalue weighted by atomic mass is 16.3. The number of H-pyrrole nitrogens is 1. The number of amides is 1. The van der Waals surface area contributed by atoms with Crippen LogP contribution >= 0.6 is 0 Å². The van der Waals surface area contributed by atoms with Crippen LogP contribution in [0.4, 0.5) is 0 Å². The van der Waals surface area contributed by atoms with Gasteiger partial charge in [0.05, 0.1) is 25.2 Å². The Kier molecular flexibility index (Phi) is 4.24. The van der Waals surface area contributed by atoms with Crippen molar-refractivity contribution >= 4 is 5.91 Å². The predicted octanol–water partition coefficient (Wildman–Crippen LogP) is 1.62. The Balaban J connectivity index is 2.11. The summed E-state index contributed by atoms with van der Waals surface area (Å²) < 4.78 is 0. The highest BCUT2D eigenvalue weighted by Crippen LogP contribution is 2.39. The first kappa shape index (κ1) is 14.1. The van der Waals surface area contributed by atoms with Crippen LogP contribution in [0, 0.1) is 12.3 Å². The van der Waals surface area contributed by atoms with E-state index in [1.807, 2.05) is 13.8 Å². The van der Waals surface area contributed by atoms with Crippen molar-refractivity contribution in [1.82, 2.24) is 14.9 Å². The molecule has 0 bridgehead atoms. The van der Waals surface area contributed by atoms with Gasteiger partial charge in [0.2, 0.25) is 5.91 Å². The number of nitrogens with one attached hydrogen (secondary N) is 1. The summed E-state index contributed by atoms with van der Waals surface area (Å²) in [6.07, 6.45) is 5.79. The van der Waals surface area contributed by atoms with Gasteiger partial charge in [-0.2, -0.15) is 0 Å². The van der Waals surface area contributed by atoms with Crippen LogP contribution in [0.1, 0.15) is 44.0 Å². The number of hydrogen-bond donors (Lipinski definition) is 2. The van der Waals surface area contributed by atoms with Crippen molar-refractivity contribution in [2.45, 2.75) is 46.1 Å². The lowest BCUT2D eigenvalue weighted by molar-refractivity contribution is -0.142. The van der Waals surface area contributed by atoms with Gasteiger partial charge in [0.15, 0.2) is 0 Å². The summed E-state index contributed by atoms with van der Waals surface area (Å²) in [6.45, 7) is 4.83. The van der Waals surface area contributed by atoms with Crippen molar-refractivity contribution in [3.05, 3.63) is 17.7 Å². The number of carbonyl (C=O) groups excluding carboxylic acids is 1. The molecule has 1 aliphatic rings. The minimum Gasteiger partial charge on any atom is -0.395 e. The molecule has 5 heteroatoms. The molecule has 19 heavy (non-hydrogen) atoms. The van der Waals surface area contributed by atoms with Crippen LogP contribution in [-0.4, -0.2) is 39.0 Å². The van der Waals surface area contributed by atoms with E-state index in [1.54, 1.807) is 11.2 Å². The molecule has 1 aromatic rings. The summed E-state index contributed by atoms with van der Waals surface area (Å²) in [7, 11) is 0. The van der Waals surface area contributed by atoms with Gasteiger partial charge in [0, 0.05) is 17.7 Å². The third-order valence-electron chi connectivity index (χ3n) is 4.16. The van der Waals surface area contributed by atoms with E-state index in [9.17, 15) is 9.90 Å². The molecule has 0 atom stereocenters. The lowest BCUT2D eigenvalue weighted by atomic mass is 9.87. The SMILES string of the molecule is Cc1[nH]cnc1CN(CCO)C(=O)C1(C)CCCC1. The number of nitrogens with zero attached hydrogens (tertiary/aromatic N) is 2. The van der Waals surface area contributed by atoms with E-state index in [0.29, 0.717) is 13.1 Å². The van der Waals surface area contributed by atoms with Gasteiger partial charge in [0.25, 0.3) is 0 Å². The van der Waals surface area contributed by atoms with Crippen molar-refractivity contribution in [3.63, 3.8) is 0 Å². The summed E-state index contributed by atoms with van der Waals surface area (Å²) >= 11 is 0. The van der Waals surface area contributed by atoms with Crippen molar-refractivity contribution in [3.8, 4) is 0 Å². The van der Waals surface area contributed by atoms with Gasteiger partial charge in [-0.25, -0.2) is 4.98 Å². The van der Waals surface area contributed by atoms with E-state index in [-0.39, 0.29) is 17.9 Å². The van der Waals surface area contributed by atoms with Crippen molar-refractivity contribution in [1.29, 1.82) is 0 Å². The van der Waals surface area contributed by atoms with Crippen LogP contribution in [0.2, 0.25) is 0 Å². The smallest absolute Gasteiger partial charge is 0.228 e. The maximum Gasteiger partial charge on any atom is 0.228 e. The maximum absolute atomic E-state index is 12.7. The van der Waals surface area contributed by atoms with Gasteiger partial charge < -0.3 is 15.0 Å². The minimum atomic E-state index is -0.251. The highest BCUT2D eigenvalue weighted by molar-refractivity contribution is 5.82. The molecule has 1 amide bonds. The molecule has 1 aromatic heterocycles. The average Bonchev–Trinajstić information content (AvgIpc) is 2.99. The molecule has 0 aliphatic heterocycles. The Morgan fingerprint density at radius 2 is 2.21 bits per heavy atom. The van der Waals surface area contributed by atoms with Crippen molar-refractivity contribution < 1.29 is 9.90 Å². The normalized spacial score (nSPS) is 17.6. The van der Waals surface area contributed by atoms with Crippen LogP contribution in [0.25, 0.3) is 0 Å². The Morgan fingerprint density at radius 1 is 1.53 bits per heavy atom. The van der Waals surface area contributed by atoms with E-state index < -0.39 is 0 Å². The number of aliphatic hydroxyl groups is 1. The van der Waals surface area contributed by atoms with Crippen LogP contribution in [0.15, 0.2) is 6.33 Å². The number of carbonyl (C=O) groups is 1. The van der Waals surface area contributed by atoms with Gasteiger partial charge in [-0.05, 0) is 19.8 Å². The Bertz CT molecular complexity index is 436. The molecule has 0 spiro atoms. The molecular formula is C14H23N3O2. The van der Waals surface area contributed by atoms with Crippen LogP contribution in [0.3, 0.4) is 0 Å². The molecule has 1 fully saturated rings. The minimum absolute atomic E-state index is 0.00864. The Hall–Kier alpha value is -1.36. The standard InChI is InChI=1S/C14H23N3O2/c1-11-12(16-10-15-11)9-17(7-8-18)13(19)14(2)5-3-4-6-14/h10,18H,3-9H2,1-2H3,(H,15,16). The fraction of sp³-hybridized carbons (Fsp3) is 0.714. The van der Waals surface area contributed by atoms with Gasteiger partial charge in [0.1, 0.15) is 0 Å². The third-order valence-corrected chi connectivity index (χ3v) is 4.16. The molecule has 0 radical (unpaired) electrons. The summed E-state index contributed by atoms with van der Waals surface area (Å²) in [4.78, 5) is 21.7. The number of imidazole rings is 1. The average molecular weight is 265 g/mol. The fourth-order valence-electron chi connectivity index (χ4n) is 2.85. The molecule has 5 nitrogen and oxygen atoms in total. The van der Waals surface area contributed by atoms with Gasteiger partial charge in [-0.1, -0.05) is 19.8 Å². The highest BCUT2D eigenvalue weighted by Gasteiger charge is 2.39. The molecule has 2 N–H and O–H groups in total. The molecule has 0 aromatic carbocycles. The molecule has 2 rings (SSSR count). The van der Waals surface area contributed by atoms with Crippen molar-refractivity contribution in [2.75, 3.05) is 13.2 Å². The van der Waals surface area contributed by atoms with E-state index in [2.05, 4.69) is 9.97 Å². The summed E-state index contributed by atoms with van der Waals surface area (Å²) in [5.41, 5.74) is 1.61. The van der Waals surface area contributed by atoms with Crippen LogP contribution in [0.5, 0.6) is 0 Å². The first-order chi connectivity index (χ1) is 9.07. The number of aromatic amines is 1. The van der Waals surface area contributed by atoms with Gasteiger partial charge in [-0.3, -0.25) is 4.79 Å². The van der Waals surface area contributed by atoms with Crippen molar-refractivity contribution in [2.24, 2.45) is 5.41 Å². The lowest BCUT2D eigenvalue weighted by Crippen LogP contribution is -2.42. The molecule has 0 saturated heterocycles. The van der Waals surface area contributed by atoms with Crippen LogP contribution < -0.4 is 0 Å². The van der Waals surface area contributed by atoms with Gasteiger partial charge in [-0.15, -0.1) is 0 Å². The Labute approximate surface area is 114 Å². The molecule has 1 aliphatic carbocycles. The molecule has 0 unspecified atom stereocenters. The fourth-order valence-corrected chi connectivity index (χ4v) is 2.85. The number of aryl methyl sites for hydroxylation is 1. The number of aliphatic hydroxyl groups excluding tert-OH is 1. The largest absolute Gasteiger partial charge is 0.395 e. The zero-order valence-corrected chi connectivity index (χ0v) is 11.8. The first-order valence-electron chi connectivity index (χ1n) is 6.96. The van der Waals surface area contributed by atoms with E-state index in [0.717, 1.165) is 37.1 Å². The number of hydrogen-bond acceptors (Lipinski definition) is 3. The molecule has 106 valence electrons. The van der Waals surface area contributed by atoms with E-state index in [1.165, 1.54) is 0 Å². The molecule has 1 saturated carbocycles. The second-order valence-electron chi connectivity index (χ2n) is 5.69. The predicted molar refractivity (Wildman–Crippen MR) is 72.4 cm³/mol. The maximum atomic E-state index is 12.7. The first-order valence-corrected chi connectivity index (χ1v) is 6.96. The monoisotopic (exact) mass is 265 g/mol. The summed E-state index contributed by atoms with van der Waals surface area (Å²) in [5.74, 6) is 0.154. The zero-order chi connectivity index (χ0) is 13.9. The van der Waals surface area contributed by atoms with Crippen LogP contribution in [-0.2, 0) is 11.3 Å².